The number of ether oxygens (including phenoxy) is 3. The van der Waals surface area contributed by atoms with Crippen LogP contribution in [-0.2, 0) is 14.8 Å². The van der Waals surface area contributed by atoms with Gasteiger partial charge in [-0.2, -0.15) is 4.31 Å². The number of hydrogen-bond acceptors (Lipinski definition) is 6. The highest BCUT2D eigenvalue weighted by molar-refractivity contribution is 7.89. The van der Waals surface area contributed by atoms with Gasteiger partial charge in [0.15, 0.2) is 12.4 Å². The zero-order valence-corrected chi connectivity index (χ0v) is 20.2. The molecule has 0 radical (unpaired) electrons. The molecule has 0 bridgehead atoms. The summed E-state index contributed by atoms with van der Waals surface area (Å²) < 4.78 is 43.9. The minimum absolute atomic E-state index is 0.0583. The summed E-state index contributed by atoms with van der Waals surface area (Å²) in [5.74, 6) is 1.56. The Morgan fingerprint density at radius 2 is 1.53 bits per heavy atom. The number of sulfonamides is 1. The third-order valence-corrected chi connectivity index (χ3v) is 7.01. The number of anilines is 1. The second-order valence-electron chi connectivity index (χ2n) is 7.17. The van der Waals surface area contributed by atoms with Crippen molar-refractivity contribution in [3.8, 4) is 23.0 Å². The van der Waals surface area contributed by atoms with Crippen LogP contribution < -0.4 is 19.5 Å². The maximum absolute atomic E-state index is 13.0. The van der Waals surface area contributed by atoms with Crippen LogP contribution in [0.2, 0.25) is 0 Å². The molecule has 0 heterocycles. The van der Waals surface area contributed by atoms with E-state index in [4.69, 9.17) is 14.2 Å². The van der Waals surface area contributed by atoms with Gasteiger partial charge in [0.1, 0.15) is 17.2 Å². The number of rotatable bonds is 11. The predicted octanol–water partition coefficient (Wildman–Crippen LogP) is 4.54. The van der Waals surface area contributed by atoms with Crippen molar-refractivity contribution in [2.24, 2.45) is 0 Å². The maximum Gasteiger partial charge on any atom is 0.262 e. The highest BCUT2D eigenvalue weighted by Crippen LogP contribution is 2.33. The summed E-state index contributed by atoms with van der Waals surface area (Å²) in [4.78, 5) is 12.7. The molecule has 3 rings (SSSR count). The molecular formula is C25H28N2O6S. The van der Waals surface area contributed by atoms with E-state index < -0.39 is 15.9 Å². The summed E-state index contributed by atoms with van der Waals surface area (Å²) in [5.41, 5.74) is 0.223. The summed E-state index contributed by atoms with van der Waals surface area (Å²) in [7, 11) is -2.17. The summed E-state index contributed by atoms with van der Waals surface area (Å²) in [6.07, 6.45) is 0. The van der Waals surface area contributed by atoms with Gasteiger partial charge >= 0.3 is 0 Å². The van der Waals surface area contributed by atoms with Crippen LogP contribution >= 0.6 is 0 Å². The summed E-state index contributed by atoms with van der Waals surface area (Å²) in [6.45, 7) is 3.93. The highest BCUT2D eigenvalue weighted by Gasteiger charge is 2.23. The van der Waals surface area contributed by atoms with Gasteiger partial charge in [0.05, 0.1) is 17.7 Å². The number of nitrogens with zero attached hydrogens (tertiary/aromatic N) is 1. The molecule has 9 heteroatoms. The largest absolute Gasteiger partial charge is 0.497 e. The fourth-order valence-electron chi connectivity index (χ4n) is 3.19. The van der Waals surface area contributed by atoms with Crippen LogP contribution in [0.15, 0.2) is 77.7 Å². The summed E-state index contributed by atoms with van der Waals surface area (Å²) in [6, 6.07) is 20.2. The van der Waals surface area contributed by atoms with Crippen molar-refractivity contribution in [1.29, 1.82) is 0 Å². The fourth-order valence-corrected chi connectivity index (χ4v) is 4.68. The Balaban J connectivity index is 1.84. The molecular weight excluding hydrogens is 456 g/mol. The summed E-state index contributed by atoms with van der Waals surface area (Å²) >= 11 is 0. The van der Waals surface area contributed by atoms with Gasteiger partial charge in [0.2, 0.25) is 10.0 Å². The molecule has 0 spiro atoms. The molecule has 1 amide bonds. The van der Waals surface area contributed by atoms with E-state index in [1.807, 2.05) is 18.2 Å². The normalized spacial score (nSPS) is 11.2. The number of hydrogen-bond donors (Lipinski definition) is 1. The van der Waals surface area contributed by atoms with E-state index in [1.54, 1.807) is 57.4 Å². The molecule has 3 aromatic carbocycles. The van der Waals surface area contributed by atoms with Crippen molar-refractivity contribution in [2.75, 3.05) is 32.1 Å². The Hall–Kier alpha value is -3.56. The standard InChI is InChI=1S/C25H28N2O6S/c1-4-27(5-2)34(29,30)22-15-16-24(33-21-9-7-6-8-10-21)23(17-22)26-25(28)18-32-20-13-11-19(31-3)12-14-20/h6-17H,4-5,18H2,1-3H3,(H,26,28). The van der Waals surface area contributed by atoms with E-state index in [1.165, 1.54) is 22.5 Å². The monoisotopic (exact) mass is 484 g/mol. The summed E-state index contributed by atoms with van der Waals surface area (Å²) in [5, 5.41) is 2.71. The Morgan fingerprint density at radius 1 is 0.882 bits per heavy atom. The molecule has 0 saturated carbocycles. The van der Waals surface area contributed by atoms with Crippen LogP contribution in [0.3, 0.4) is 0 Å². The van der Waals surface area contributed by atoms with Crippen LogP contribution in [0.4, 0.5) is 5.69 Å². The third kappa shape index (κ3) is 6.27. The van der Waals surface area contributed by atoms with E-state index in [-0.39, 0.29) is 17.2 Å². The molecule has 0 saturated heterocycles. The van der Waals surface area contributed by atoms with E-state index in [2.05, 4.69) is 5.32 Å². The number of carbonyl (C=O) groups is 1. The SMILES string of the molecule is CCN(CC)S(=O)(=O)c1ccc(Oc2ccccc2)c(NC(=O)COc2ccc(OC)cc2)c1. The Morgan fingerprint density at radius 3 is 2.15 bits per heavy atom. The average molecular weight is 485 g/mol. The first-order valence-electron chi connectivity index (χ1n) is 10.8. The van der Waals surface area contributed by atoms with Gasteiger partial charge < -0.3 is 19.5 Å². The van der Waals surface area contributed by atoms with Crippen molar-refractivity contribution in [3.05, 3.63) is 72.8 Å². The van der Waals surface area contributed by atoms with E-state index in [0.717, 1.165) is 0 Å². The molecule has 0 atom stereocenters. The predicted molar refractivity (Wildman–Crippen MR) is 130 cm³/mol. The zero-order valence-electron chi connectivity index (χ0n) is 19.4. The maximum atomic E-state index is 13.0. The smallest absolute Gasteiger partial charge is 0.262 e. The third-order valence-electron chi connectivity index (χ3n) is 4.97. The van der Waals surface area contributed by atoms with Crippen molar-refractivity contribution in [2.45, 2.75) is 18.7 Å². The van der Waals surface area contributed by atoms with Gasteiger partial charge in [-0.15, -0.1) is 0 Å². The van der Waals surface area contributed by atoms with Crippen molar-refractivity contribution in [3.63, 3.8) is 0 Å². The Bertz CT molecular complexity index is 1190. The molecule has 34 heavy (non-hydrogen) atoms. The molecule has 1 N–H and O–H groups in total. The molecule has 0 fully saturated rings. The minimum Gasteiger partial charge on any atom is -0.497 e. The second-order valence-corrected chi connectivity index (χ2v) is 9.11. The van der Waals surface area contributed by atoms with Crippen LogP contribution in [0.1, 0.15) is 13.8 Å². The topological polar surface area (TPSA) is 94.2 Å². The van der Waals surface area contributed by atoms with Crippen molar-refractivity contribution in [1.82, 2.24) is 4.31 Å². The van der Waals surface area contributed by atoms with E-state index in [0.29, 0.717) is 36.1 Å². The van der Waals surface area contributed by atoms with E-state index in [9.17, 15) is 13.2 Å². The van der Waals surface area contributed by atoms with Gasteiger partial charge in [-0.25, -0.2) is 8.42 Å². The lowest BCUT2D eigenvalue weighted by Crippen LogP contribution is -2.30. The average Bonchev–Trinajstić information content (AvgIpc) is 2.85. The molecule has 0 aliphatic carbocycles. The molecule has 3 aromatic rings. The van der Waals surface area contributed by atoms with Gasteiger partial charge in [0, 0.05) is 13.1 Å². The lowest BCUT2D eigenvalue weighted by Gasteiger charge is -2.20. The molecule has 0 aliphatic rings. The lowest BCUT2D eigenvalue weighted by atomic mass is 10.2. The van der Waals surface area contributed by atoms with Crippen LogP contribution in [-0.4, -0.2) is 45.4 Å². The minimum atomic E-state index is -3.73. The van der Waals surface area contributed by atoms with Crippen molar-refractivity contribution >= 4 is 21.6 Å². The number of nitrogens with one attached hydrogen (secondary N) is 1. The molecule has 0 unspecified atom stereocenters. The number of benzene rings is 3. The highest BCUT2D eigenvalue weighted by atomic mass is 32.2. The Kier molecular flexibility index (Phi) is 8.50. The quantitative estimate of drug-likeness (QED) is 0.430. The molecule has 0 aromatic heterocycles. The van der Waals surface area contributed by atoms with Gasteiger partial charge in [-0.1, -0.05) is 32.0 Å². The van der Waals surface area contributed by atoms with Gasteiger partial charge in [-0.3, -0.25) is 4.79 Å². The first-order valence-corrected chi connectivity index (χ1v) is 12.2. The molecule has 180 valence electrons. The molecule has 0 aliphatic heterocycles. The Labute approximate surface area is 200 Å². The zero-order chi connectivity index (χ0) is 24.6. The first-order chi connectivity index (χ1) is 16.4. The van der Waals surface area contributed by atoms with Gasteiger partial charge in [0.25, 0.3) is 5.91 Å². The van der Waals surface area contributed by atoms with Crippen LogP contribution in [0.5, 0.6) is 23.0 Å². The van der Waals surface area contributed by atoms with E-state index >= 15 is 0 Å². The number of carbonyl (C=O) groups excluding carboxylic acids is 1. The lowest BCUT2D eigenvalue weighted by molar-refractivity contribution is -0.118. The number of methoxy groups -OCH3 is 1. The fraction of sp³-hybridized carbons (Fsp3) is 0.240. The first kappa shape index (κ1) is 25.1. The van der Waals surface area contributed by atoms with Gasteiger partial charge in [-0.05, 0) is 54.6 Å². The molecule has 8 nitrogen and oxygen atoms in total. The second kappa shape index (κ2) is 11.5. The van der Waals surface area contributed by atoms with Crippen molar-refractivity contribution < 1.29 is 27.4 Å². The number of para-hydroxylation sites is 1. The number of amides is 1. The van der Waals surface area contributed by atoms with Crippen LogP contribution in [0, 0.1) is 0 Å². The van der Waals surface area contributed by atoms with Crippen LogP contribution in [0.25, 0.3) is 0 Å².